The molecule has 0 saturated heterocycles. The molecule has 1 unspecified atom stereocenters. The third-order valence-electron chi connectivity index (χ3n) is 3.53. The maximum Gasteiger partial charge on any atom is 0.313 e. The van der Waals surface area contributed by atoms with Crippen molar-refractivity contribution in [3.05, 3.63) is 29.6 Å². The van der Waals surface area contributed by atoms with Crippen molar-refractivity contribution < 1.29 is 18.7 Å². The first kappa shape index (κ1) is 16.4. The Labute approximate surface area is 119 Å². The Morgan fingerprint density at radius 3 is 2.55 bits per heavy atom. The van der Waals surface area contributed by atoms with E-state index in [0.29, 0.717) is 25.0 Å². The maximum absolute atomic E-state index is 13.7. The highest BCUT2D eigenvalue weighted by Gasteiger charge is 2.37. The summed E-state index contributed by atoms with van der Waals surface area (Å²) >= 11 is 0. The first-order chi connectivity index (χ1) is 9.52. The lowest BCUT2D eigenvalue weighted by atomic mass is 9.79. The summed E-state index contributed by atoms with van der Waals surface area (Å²) in [5, 5.41) is 0. The Balaban J connectivity index is 3.01. The van der Waals surface area contributed by atoms with Crippen LogP contribution >= 0.6 is 0 Å². The fourth-order valence-electron chi connectivity index (χ4n) is 2.14. The number of rotatable bonds is 7. The summed E-state index contributed by atoms with van der Waals surface area (Å²) in [4.78, 5) is 12.1. The number of hydrogen-bond donors (Lipinski definition) is 1. The zero-order chi connectivity index (χ0) is 15.2. The standard InChI is InChI=1S/C15H22FNO3/c1-4-15(10-17,14(18)20-5-2)9-11-6-7-13(19-3)12(16)8-11/h6-8H,4-5,9-10,17H2,1-3H3. The molecule has 0 bridgehead atoms. The molecule has 1 aromatic rings. The van der Waals surface area contributed by atoms with E-state index in [2.05, 4.69) is 0 Å². The smallest absolute Gasteiger partial charge is 0.313 e. The molecule has 0 fully saturated rings. The number of nitrogens with two attached hydrogens (primary N) is 1. The molecule has 0 aliphatic rings. The number of esters is 1. The van der Waals surface area contributed by atoms with Crippen LogP contribution in [0.4, 0.5) is 4.39 Å². The van der Waals surface area contributed by atoms with Crippen LogP contribution in [-0.2, 0) is 16.0 Å². The molecule has 0 aromatic heterocycles. The molecule has 0 aliphatic carbocycles. The molecular formula is C15H22FNO3. The predicted octanol–water partition coefficient (Wildman–Crippen LogP) is 2.29. The van der Waals surface area contributed by atoms with Crippen molar-refractivity contribution >= 4 is 5.97 Å². The lowest BCUT2D eigenvalue weighted by Gasteiger charge is -2.29. The summed E-state index contributed by atoms with van der Waals surface area (Å²) < 4.78 is 23.7. The van der Waals surface area contributed by atoms with Gasteiger partial charge in [-0.05, 0) is 37.5 Å². The van der Waals surface area contributed by atoms with Crippen LogP contribution in [0.3, 0.4) is 0 Å². The summed E-state index contributed by atoms with van der Waals surface area (Å²) in [5.41, 5.74) is 5.66. The lowest BCUT2D eigenvalue weighted by molar-refractivity contribution is -0.155. The van der Waals surface area contributed by atoms with Crippen LogP contribution in [-0.4, -0.2) is 26.2 Å². The largest absolute Gasteiger partial charge is 0.494 e. The van der Waals surface area contributed by atoms with Crippen LogP contribution in [0, 0.1) is 11.2 Å². The van der Waals surface area contributed by atoms with Crippen molar-refractivity contribution in [2.45, 2.75) is 26.7 Å². The van der Waals surface area contributed by atoms with E-state index < -0.39 is 11.2 Å². The van der Waals surface area contributed by atoms with E-state index in [4.69, 9.17) is 15.2 Å². The molecule has 0 amide bonds. The van der Waals surface area contributed by atoms with Crippen molar-refractivity contribution in [2.24, 2.45) is 11.1 Å². The van der Waals surface area contributed by atoms with E-state index >= 15 is 0 Å². The summed E-state index contributed by atoms with van der Waals surface area (Å²) in [6.07, 6.45) is 0.885. The number of halogens is 1. The van der Waals surface area contributed by atoms with Crippen LogP contribution in [0.2, 0.25) is 0 Å². The van der Waals surface area contributed by atoms with Gasteiger partial charge < -0.3 is 15.2 Å². The van der Waals surface area contributed by atoms with Gasteiger partial charge in [-0.2, -0.15) is 0 Å². The number of benzene rings is 1. The SMILES string of the molecule is CCOC(=O)C(CC)(CN)Cc1ccc(OC)c(F)c1. The van der Waals surface area contributed by atoms with Gasteiger partial charge in [-0.25, -0.2) is 4.39 Å². The summed E-state index contributed by atoms with van der Waals surface area (Å²) in [5.74, 6) is -0.600. The van der Waals surface area contributed by atoms with Crippen molar-refractivity contribution in [1.29, 1.82) is 0 Å². The molecule has 0 spiro atoms. The second kappa shape index (κ2) is 7.24. The number of hydrogen-bond acceptors (Lipinski definition) is 4. The molecule has 0 heterocycles. The molecule has 1 atom stereocenters. The molecule has 0 saturated carbocycles. The van der Waals surface area contributed by atoms with Gasteiger partial charge in [0.25, 0.3) is 0 Å². The van der Waals surface area contributed by atoms with Gasteiger partial charge in [0.2, 0.25) is 0 Å². The van der Waals surface area contributed by atoms with Crippen LogP contribution < -0.4 is 10.5 Å². The van der Waals surface area contributed by atoms with Crippen LogP contribution in [0.5, 0.6) is 5.75 Å². The molecule has 20 heavy (non-hydrogen) atoms. The van der Waals surface area contributed by atoms with E-state index in [1.54, 1.807) is 19.1 Å². The molecule has 0 radical (unpaired) electrons. The molecule has 112 valence electrons. The quantitative estimate of drug-likeness (QED) is 0.780. The Hall–Kier alpha value is -1.62. The van der Waals surface area contributed by atoms with E-state index in [0.717, 1.165) is 0 Å². The molecule has 4 nitrogen and oxygen atoms in total. The average molecular weight is 283 g/mol. The summed E-state index contributed by atoms with van der Waals surface area (Å²) in [7, 11) is 1.41. The molecule has 0 aliphatic heterocycles. The number of ether oxygens (including phenoxy) is 2. The zero-order valence-corrected chi connectivity index (χ0v) is 12.2. The Bertz CT molecular complexity index is 458. The van der Waals surface area contributed by atoms with E-state index in [-0.39, 0.29) is 18.3 Å². The van der Waals surface area contributed by atoms with Crippen molar-refractivity contribution in [1.82, 2.24) is 0 Å². The third kappa shape index (κ3) is 3.48. The van der Waals surface area contributed by atoms with E-state index in [1.807, 2.05) is 6.92 Å². The van der Waals surface area contributed by atoms with Crippen molar-refractivity contribution in [2.75, 3.05) is 20.3 Å². The number of carbonyl (C=O) groups is 1. The van der Waals surface area contributed by atoms with Crippen LogP contribution in [0.1, 0.15) is 25.8 Å². The second-order valence-corrected chi connectivity index (χ2v) is 4.70. The minimum atomic E-state index is -0.808. The van der Waals surface area contributed by atoms with Crippen LogP contribution in [0.15, 0.2) is 18.2 Å². The first-order valence-corrected chi connectivity index (χ1v) is 6.72. The first-order valence-electron chi connectivity index (χ1n) is 6.72. The van der Waals surface area contributed by atoms with E-state index in [9.17, 15) is 9.18 Å². The third-order valence-corrected chi connectivity index (χ3v) is 3.53. The van der Waals surface area contributed by atoms with Gasteiger partial charge in [-0.15, -0.1) is 0 Å². The minimum Gasteiger partial charge on any atom is -0.494 e. The Kier molecular flexibility index (Phi) is 5.95. The molecule has 1 aromatic carbocycles. The molecule has 2 N–H and O–H groups in total. The highest BCUT2D eigenvalue weighted by atomic mass is 19.1. The Morgan fingerprint density at radius 1 is 1.40 bits per heavy atom. The fraction of sp³-hybridized carbons (Fsp3) is 0.533. The lowest BCUT2D eigenvalue weighted by Crippen LogP contribution is -2.41. The van der Waals surface area contributed by atoms with Gasteiger partial charge >= 0.3 is 5.97 Å². The minimum absolute atomic E-state index is 0.163. The molecular weight excluding hydrogens is 261 g/mol. The van der Waals surface area contributed by atoms with Gasteiger partial charge in [0, 0.05) is 6.54 Å². The van der Waals surface area contributed by atoms with Gasteiger partial charge in [0.1, 0.15) is 0 Å². The molecule has 1 rings (SSSR count). The fourth-order valence-corrected chi connectivity index (χ4v) is 2.14. The topological polar surface area (TPSA) is 61.5 Å². The highest BCUT2D eigenvalue weighted by Crippen LogP contribution is 2.29. The van der Waals surface area contributed by atoms with Gasteiger partial charge in [-0.3, -0.25) is 4.79 Å². The highest BCUT2D eigenvalue weighted by molar-refractivity contribution is 5.77. The van der Waals surface area contributed by atoms with Gasteiger partial charge in [-0.1, -0.05) is 13.0 Å². The number of methoxy groups -OCH3 is 1. The summed E-state index contributed by atoms with van der Waals surface area (Å²) in [6, 6.07) is 4.66. The normalized spacial score (nSPS) is 13.7. The van der Waals surface area contributed by atoms with Gasteiger partial charge in [0.15, 0.2) is 11.6 Å². The van der Waals surface area contributed by atoms with Crippen molar-refractivity contribution in [3.8, 4) is 5.75 Å². The predicted molar refractivity (Wildman–Crippen MR) is 75.1 cm³/mol. The van der Waals surface area contributed by atoms with E-state index in [1.165, 1.54) is 13.2 Å². The zero-order valence-electron chi connectivity index (χ0n) is 12.2. The summed E-state index contributed by atoms with van der Waals surface area (Å²) in [6.45, 7) is 4.10. The second-order valence-electron chi connectivity index (χ2n) is 4.70. The Morgan fingerprint density at radius 2 is 2.10 bits per heavy atom. The maximum atomic E-state index is 13.7. The number of carbonyl (C=O) groups excluding carboxylic acids is 1. The molecule has 5 heteroatoms. The average Bonchev–Trinajstić information content (AvgIpc) is 2.45. The van der Waals surface area contributed by atoms with Crippen molar-refractivity contribution in [3.63, 3.8) is 0 Å². The van der Waals surface area contributed by atoms with Crippen LogP contribution in [0.25, 0.3) is 0 Å². The van der Waals surface area contributed by atoms with Gasteiger partial charge in [0.05, 0.1) is 19.1 Å². The monoisotopic (exact) mass is 283 g/mol.